The standard InChI is InChI=1S/C9H9Br2F/c10-6-8(12)5-7-3-1-2-4-9(7)11/h1-4,8H,5-6H2/t8-/m0/s1. The molecule has 0 aliphatic carbocycles. The van der Waals surface area contributed by atoms with Gasteiger partial charge in [0, 0.05) is 16.2 Å². The van der Waals surface area contributed by atoms with Crippen LogP contribution < -0.4 is 0 Å². The topological polar surface area (TPSA) is 0 Å². The molecule has 0 nitrogen and oxygen atoms in total. The van der Waals surface area contributed by atoms with Gasteiger partial charge in [-0.1, -0.05) is 50.1 Å². The highest BCUT2D eigenvalue weighted by atomic mass is 79.9. The molecule has 1 aromatic carbocycles. The zero-order valence-corrected chi connectivity index (χ0v) is 9.61. The average molecular weight is 296 g/mol. The van der Waals surface area contributed by atoms with Gasteiger partial charge in [0.15, 0.2) is 0 Å². The van der Waals surface area contributed by atoms with Gasteiger partial charge in [-0.05, 0) is 11.6 Å². The van der Waals surface area contributed by atoms with Crippen LogP contribution in [0.15, 0.2) is 28.7 Å². The van der Waals surface area contributed by atoms with E-state index < -0.39 is 6.17 Å². The largest absolute Gasteiger partial charge is 0.246 e. The lowest BCUT2D eigenvalue weighted by molar-refractivity contribution is 0.368. The Morgan fingerprint density at radius 3 is 2.58 bits per heavy atom. The van der Waals surface area contributed by atoms with Crippen LogP contribution in [-0.4, -0.2) is 11.5 Å². The van der Waals surface area contributed by atoms with Gasteiger partial charge >= 0.3 is 0 Å². The summed E-state index contributed by atoms with van der Waals surface area (Å²) in [5.74, 6) is 0. The second-order valence-electron chi connectivity index (χ2n) is 2.55. The van der Waals surface area contributed by atoms with Crippen LogP contribution in [0.2, 0.25) is 0 Å². The number of halogens is 3. The van der Waals surface area contributed by atoms with Gasteiger partial charge in [0.2, 0.25) is 0 Å². The quantitative estimate of drug-likeness (QED) is 0.746. The summed E-state index contributed by atoms with van der Waals surface area (Å²) >= 11 is 6.48. The molecular weight excluding hydrogens is 287 g/mol. The summed E-state index contributed by atoms with van der Waals surface area (Å²) in [7, 11) is 0. The summed E-state index contributed by atoms with van der Waals surface area (Å²) in [6.07, 6.45) is -0.337. The van der Waals surface area contributed by atoms with Crippen LogP contribution in [0.25, 0.3) is 0 Å². The fourth-order valence-electron chi connectivity index (χ4n) is 0.957. The zero-order chi connectivity index (χ0) is 8.97. The van der Waals surface area contributed by atoms with E-state index in [0.29, 0.717) is 11.8 Å². The third-order valence-corrected chi connectivity index (χ3v) is 3.04. The van der Waals surface area contributed by atoms with Gasteiger partial charge in [-0.25, -0.2) is 4.39 Å². The molecule has 3 heteroatoms. The third-order valence-electron chi connectivity index (χ3n) is 1.57. The smallest absolute Gasteiger partial charge is 0.114 e. The molecule has 0 fully saturated rings. The molecule has 0 aliphatic rings. The highest BCUT2D eigenvalue weighted by Crippen LogP contribution is 2.18. The van der Waals surface area contributed by atoms with Crippen molar-refractivity contribution < 1.29 is 4.39 Å². The van der Waals surface area contributed by atoms with E-state index >= 15 is 0 Å². The van der Waals surface area contributed by atoms with E-state index in [1.54, 1.807) is 0 Å². The van der Waals surface area contributed by atoms with Crippen molar-refractivity contribution in [2.24, 2.45) is 0 Å². The number of rotatable bonds is 3. The van der Waals surface area contributed by atoms with Gasteiger partial charge in [-0.3, -0.25) is 0 Å². The Balaban J connectivity index is 2.69. The molecular formula is C9H9Br2F. The minimum absolute atomic E-state index is 0.397. The van der Waals surface area contributed by atoms with E-state index in [2.05, 4.69) is 31.9 Å². The normalized spacial score (nSPS) is 12.9. The van der Waals surface area contributed by atoms with E-state index in [1.807, 2.05) is 24.3 Å². The Kier molecular flexibility index (Phi) is 4.22. The maximum absolute atomic E-state index is 12.9. The number of hydrogen-bond acceptors (Lipinski definition) is 0. The van der Waals surface area contributed by atoms with Crippen molar-refractivity contribution in [3.63, 3.8) is 0 Å². The van der Waals surface area contributed by atoms with Crippen LogP contribution in [0.1, 0.15) is 5.56 Å². The maximum atomic E-state index is 12.9. The van der Waals surface area contributed by atoms with E-state index in [0.717, 1.165) is 10.0 Å². The van der Waals surface area contributed by atoms with Crippen LogP contribution in [0, 0.1) is 0 Å². The molecule has 0 spiro atoms. The number of hydrogen-bond donors (Lipinski definition) is 0. The van der Waals surface area contributed by atoms with Crippen molar-refractivity contribution in [1.29, 1.82) is 0 Å². The summed E-state index contributed by atoms with van der Waals surface area (Å²) < 4.78 is 13.9. The van der Waals surface area contributed by atoms with Crippen LogP contribution in [0.3, 0.4) is 0 Å². The van der Waals surface area contributed by atoms with Crippen LogP contribution >= 0.6 is 31.9 Å². The SMILES string of the molecule is F[C@H](CBr)Cc1ccccc1Br. The van der Waals surface area contributed by atoms with Gasteiger partial charge in [-0.15, -0.1) is 0 Å². The van der Waals surface area contributed by atoms with E-state index in [9.17, 15) is 4.39 Å². The number of benzene rings is 1. The molecule has 66 valence electrons. The zero-order valence-electron chi connectivity index (χ0n) is 6.43. The lowest BCUT2D eigenvalue weighted by Gasteiger charge is -2.05. The lowest BCUT2D eigenvalue weighted by Crippen LogP contribution is -2.05. The second-order valence-corrected chi connectivity index (χ2v) is 4.05. The molecule has 1 atom stereocenters. The van der Waals surface area contributed by atoms with Crippen molar-refractivity contribution in [2.45, 2.75) is 12.6 Å². The van der Waals surface area contributed by atoms with Gasteiger partial charge in [-0.2, -0.15) is 0 Å². The predicted octanol–water partition coefficient (Wildman–Crippen LogP) is 3.72. The lowest BCUT2D eigenvalue weighted by atomic mass is 10.1. The predicted molar refractivity (Wildman–Crippen MR) is 56.5 cm³/mol. The molecule has 0 amide bonds. The average Bonchev–Trinajstić information content (AvgIpc) is 2.09. The van der Waals surface area contributed by atoms with Crippen molar-refractivity contribution in [3.8, 4) is 0 Å². The fraction of sp³-hybridized carbons (Fsp3) is 0.333. The van der Waals surface area contributed by atoms with Gasteiger partial charge in [0.05, 0.1) is 0 Å². The Labute approximate surface area is 88.4 Å². The molecule has 0 aliphatic heterocycles. The summed E-state index contributed by atoms with van der Waals surface area (Å²) in [5.41, 5.74) is 1.02. The Hall–Kier alpha value is 0.110. The minimum atomic E-state index is -0.802. The van der Waals surface area contributed by atoms with Gasteiger partial charge in [0.25, 0.3) is 0 Å². The van der Waals surface area contributed by atoms with Crippen molar-refractivity contribution in [1.82, 2.24) is 0 Å². The molecule has 0 N–H and O–H groups in total. The summed E-state index contributed by atoms with van der Waals surface area (Å²) in [6, 6.07) is 7.70. The van der Waals surface area contributed by atoms with Gasteiger partial charge in [0.1, 0.15) is 6.17 Å². The minimum Gasteiger partial charge on any atom is -0.246 e. The first kappa shape index (κ1) is 10.2. The molecule has 0 radical (unpaired) electrons. The monoisotopic (exact) mass is 294 g/mol. The first-order valence-corrected chi connectivity index (χ1v) is 5.59. The maximum Gasteiger partial charge on any atom is 0.114 e. The van der Waals surface area contributed by atoms with Crippen molar-refractivity contribution in [2.75, 3.05) is 5.33 Å². The van der Waals surface area contributed by atoms with E-state index in [1.165, 1.54) is 0 Å². The highest BCUT2D eigenvalue weighted by Gasteiger charge is 2.07. The van der Waals surface area contributed by atoms with Crippen LogP contribution in [0.4, 0.5) is 4.39 Å². The third kappa shape index (κ3) is 2.87. The van der Waals surface area contributed by atoms with Gasteiger partial charge < -0.3 is 0 Å². The molecule has 0 saturated carbocycles. The Bertz CT molecular complexity index is 250. The molecule has 1 aromatic rings. The van der Waals surface area contributed by atoms with Crippen molar-refractivity contribution in [3.05, 3.63) is 34.3 Å². The summed E-state index contributed by atoms with van der Waals surface area (Å²) in [6.45, 7) is 0. The highest BCUT2D eigenvalue weighted by molar-refractivity contribution is 9.10. The molecule has 0 saturated heterocycles. The Morgan fingerprint density at radius 1 is 1.33 bits per heavy atom. The van der Waals surface area contributed by atoms with E-state index in [4.69, 9.17) is 0 Å². The number of alkyl halides is 2. The molecule has 0 unspecified atom stereocenters. The molecule has 12 heavy (non-hydrogen) atoms. The Morgan fingerprint density at radius 2 is 2.00 bits per heavy atom. The van der Waals surface area contributed by atoms with Crippen LogP contribution in [-0.2, 0) is 6.42 Å². The summed E-state index contributed by atoms with van der Waals surface area (Å²) in [5, 5.41) is 0.397. The molecule has 0 bridgehead atoms. The first-order chi connectivity index (χ1) is 5.74. The van der Waals surface area contributed by atoms with E-state index in [-0.39, 0.29) is 0 Å². The molecule has 1 rings (SSSR count). The van der Waals surface area contributed by atoms with Crippen LogP contribution in [0.5, 0.6) is 0 Å². The molecule has 0 heterocycles. The first-order valence-electron chi connectivity index (χ1n) is 3.67. The van der Waals surface area contributed by atoms with Crippen molar-refractivity contribution >= 4 is 31.9 Å². The molecule has 0 aromatic heterocycles. The second kappa shape index (κ2) is 4.97. The fourth-order valence-corrected chi connectivity index (χ4v) is 1.63. The summed E-state index contributed by atoms with van der Waals surface area (Å²) in [4.78, 5) is 0.